The number of benzene rings is 9. The summed E-state index contributed by atoms with van der Waals surface area (Å²) in [5.74, 6) is 1.76. The number of furan rings is 1. The molecule has 2 aliphatic rings. The van der Waals surface area contributed by atoms with Gasteiger partial charge in [-0.3, -0.25) is 0 Å². The molecule has 0 unspecified atom stereocenters. The minimum atomic E-state index is -0.576. The van der Waals surface area contributed by atoms with Gasteiger partial charge in [0.2, 0.25) is 0 Å². The molecule has 0 amide bonds. The Morgan fingerprint density at radius 1 is 0.407 bits per heavy atom. The lowest BCUT2D eigenvalue weighted by Gasteiger charge is -2.39. The van der Waals surface area contributed by atoms with Gasteiger partial charge >= 0.3 is 0 Å². The van der Waals surface area contributed by atoms with Crippen molar-refractivity contribution in [3.8, 4) is 33.8 Å². The number of nitrogens with zero attached hydrogens (tertiary/aromatic N) is 1. The maximum absolute atomic E-state index is 7.02. The fraction of sp³-hybridized carbons (Fsp3) is 0.0182. The Morgan fingerprint density at radius 3 is 1.90 bits per heavy atom. The van der Waals surface area contributed by atoms with Crippen molar-refractivity contribution in [2.45, 2.75) is 5.41 Å². The van der Waals surface area contributed by atoms with Gasteiger partial charge in [-0.1, -0.05) is 140 Å². The summed E-state index contributed by atoms with van der Waals surface area (Å²) in [4.78, 5) is 2.44. The van der Waals surface area contributed by atoms with Gasteiger partial charge in [0, 0.05) is 47.9 Å². The van der Waals surface area contributed by atoms with E-state index in [0.717, 1.165) is 72.8 Å². The summed E-state index contributed by atoms with van der Waals surface area (Å²) in [6.07, 6.45) is 0. The number of ether oxygens (including phenoxy) is 1. The van der Waals surface area contributed by atoms with E-state index in [2.05, 4.69) is 205 Å². The van der Waals surface area contributed by atoms with Gasteiger partial charge in [-0.25, -0.2) is 0 Å². The van der Waals surface area contributed by atoms with Crippen molar-refractivity contribution in [1.29, 1.82) is 0 Å². The van der Waals surface area contributed by atoms with Gasteiger partial charge in [0.25, 0.3) is 0 Å². The zero-order chi connectivity index (χ0) is 38.7. The normalized spacial score (nSPS) is 13.4. The summed E-state index contributed by atoms with van der Waals surface area (Å²) in [6, 6.07) is 72.2. The SMILES string of the molecule is c1ccc(-c2ccccc2N(c2ccc3c(c2)sc2ccccc23)c2cccc3oc4cc5c(cc4c23)-c2ccccc2C52c3ccccc3Oc3ccccc32)cc1. The van der Waals surface area contributed by atoms with Crippen LogP contribution in [0.4, 0.5) is 17.1 Å². The minimum absolute atomic E-state index is 0.576. The Labute approximate surface area is 344 Å². The molecule has 0 radical (unpaired) electrons. The molecule has 4 heteroatoms. The highest BCUT2D eigenvalue weighted by atomic mass is 32.1. The van der Waals surface area contributed by atoms with Crippen LogP contribution in [0.1, 0.15) is 22.3 Å². The molecule has 59 heavy (non-hydrogen) atoms. The van der Waals surface area contributed by atoms with Gasteiger partial charge in [-0.2, -0.15) is 0 Å². The third kappa shape index (κ3) is 4.52. The molecular weight excluding hydrogens is 739 g/mol. The van der Waals surface area contributed by atoms with Crippen LogP contribution in [0.15, 0.2) is 205 Å². The van der Waals surface area contributed by atoms with E-state index in [1.165, 1.54) is 42.4 Å². The molecule has 13 rings (SSSR count). The first-order chi connectivity index (χ1) is 29.3. The third-order valence-corrected chi connectivity index (χ3v) is 13.7. The van der Waals surface area contributed by atoms with Crippen LogP contribution in [-0.2, 0) is 5.41 Å². The van der Waals surface area contributed by atoms with Crippen molar-refractivity contribution >= 4 is 70.5 Å². The van der Waals surface area contributed by atoms with Crippen LogP contribution in [0, 0.1) is 0 Å². The Bertz CT molecular complexity index is 3460. The van der Waals surface area contributed by atoms with Crippen molar-refractivity contribution in [1.82, 2.24) is 0 Å². The zero-order valence-corrected chi connectivity index (χ0v) is 32.5. The molecule has 3 nitrogen and oxygen atoms in total. The van der Waals surface area contributed by atoms with E-state index in [4.69, 9.17) is 9.15 Å². The van der Waals surface area contributed by atoms with Gasteiger partial charge in [0.15, 0.2) is 0 Å². The number of rotatable bonds is 4. The highest BCUT2D eigenvalue weighted by molar-refractivity contribution is 7.25. The molecule has 0 bridgehead atoms. The molecule has 11 aromatic rings. The molecule has 1 aliphatic carbocycles. The molecule has 0 N–H and O–H groups in total. The molecule has 0 saturated carbocycles. The predicted molar refractivity (Wildman–Crippen MR) is 244 cm³/mol. The Hall–Kier alpha value is -7.40. The van der Waals surface area contributed by atoms with Crippen molar-refractivity contribution in [3.63, 3.8) is 0 Å². The number of thiophene rings is 1. The first-order valence-electron chi connectivity index (χ1n) is 20.1. The topological polar surface area (TPSA) is 25.6 Å². The van der Waals surface area contributed by atoms with E-state index in [1.54, 1.807) is 0 Å². The third-order valence-electron chi connectivity index (χ3n) is 12.5. The number of para-hydroxylation sites is 3. The molecule has 1 aliphatic heterocycles. The molecule has 9 aromatic carbocycles. The monoisotopic (exact) mass is 771 g/mol. The van der Waals surface area contributed by atoms with Gasteiger partial charge in [-0.05, 0) is 88.5 Å². The van der Waals surface area contributed by atoms with Gasteiger partial charge in [-0.15, -0.1) is 11.3 Å². The summed E-state index contributed by atoms with van der Waals surface area (Å²) in [5.41, 5.74) is 13.9. The molecular formula is C55H33NO2S. The number of hydrogen-bond donors (Lipinski definition) is 0. The van der Waals surface area contributed by atoms with E-state index < -0.39 is 5.41 Å². The predicted octanol–water partition coefficient (Wildman–Crippen LogP) is 15.6. The first kappa shape index (κ1) is 32.7. The van der Waals surface area contributed by atoms with Crippen molar-refractivity contribution in [3.05, 3.63) is 222 Å². The molecule has 1 spiro atoms. The number of fused-ring (bicyclic) bond motifs is 15. The lowest BCUT2D eigenvalue weighted by molar-refractivity contribution is 0.436. The van der Waals surface area contributed by atoms with E-state index in [9.17, 15) is 0 Å². The second-order valence-electron chi connectivity index (χ2n) is 15.5. The van der Waals surface area contributed by atoms with Gasteiger partial charge < -0.3 is 14.1 Å². The lowest BCUT2D eigenvalue weighted by atomic mass is 9.66. The maximum Gasteiger partial charge on any atom is 0.137 e. The highest BCUT2D eigenvalue weighted by Crippen LogP contribution is 2.63. The summed E-state index contributed by atoms with van der Waals surface area (Å²) in [5, 5.41) is 4.73. The van der Waals surface area contributed by atoms with Crippen molar-refractivity contribution < 1.29 is 9.15 Å². The van der Waals surface area contributed by atoms with Crippen LogP contribution in [0.3, 0.4) is 0 Å². The smallest absolute Gasteiger partial charge is 0.137 e. The Morgan fingerprint density at radius 2 is 1.07 bits per heavy atom. The van der Waals surface area contributed by atoms with E-state index in [0.29, 0.717) is 0 Å². The largest absolute Gasteiger partial charge is 0.457 e. The Kier molecular flexibility index (Phi) is 6.81. The number of hydrogen-bond acceptors (Lipinski definition) is 4. The zero-order valence-electron chi connectivity index (χ0n) is 31.7. The highest BCUT2D eigenvalue weighted by Gasteiger charge is 2.51. The molecule has 0 saturated heterocycles. The molecule has 0 fully saturated rings. The quantitative estimate of drug-likeness (QED) is 0.178. The lowest BCUT2D eigenvalue weighted by Crippen LogP contribution is -2.32. The van der Waals surface area contributed by atoms with E-state index in [1.807, 2.05) is 11.3 Å². The average Bonchev–Trinajstić information content (AvgIpc) is 3.94. The standard InChI is InChI=1S/C55H33NO2S/c1-2-15-34(16-3-1)36-17-5-10-23-46(36)56(35-29-30-39-38-19-6-13-28-52(38)59-53(39)31-35)47-24-14-27-50-54(47)41-32-40-37-18-4-7-20-42(37)55(45(40)33-51(41)58-50)43-21-8-11-25-48(43)57-49-26-12-9-22-44(49)55/h1-33H. The van der Waals surface area contributed by atoms with Crippen LogP contribution in [-0.4, -0.2) is 0 Å². The summed E-state index contributed by atoms with van der Waals surface area (Å²) in [7, 11) is 0. The number of anilines is 3. The Balaban J connectivity index is 1.11. The molecule has 0 atom stereocenters. The van der Waals surface area contributed by atoms with Crippen LogP contribution >= 0.6 is 11.3 Å². The average molecular weight is 772 g/mol. The summed E-state index contributed by atoms with van der Waals surface area (Å²) >= 11 is 1.85. The molecule has 3 heterocycles. The fourth-order valence-electron chi connectivity index (χ4n) is 10.1. The van der Waals surface area contributed by atoms with Crippen molar-refractivity contribution in [2.24, 2.45) is 0 Å². The van der Waals surface area contributed by atoms with Gasteiger partial charge in [0.1, 0.15) is 22.7 Å². The van der Waals surface area contributed by atoms with Crippen LogP contribution in [0.25, 0.3) is 64.4 Å². The van der Waals surface area contributed by atoms with E-state index in [-0.39, 0.29) is 0 Å². The summed E-state index contributed by atoms with van der Waals surface area (Å²) < 4.78 is 16.2. The first-order valence-corrected chi connectivity index (χ1v) is 20.9. The van der Waals surface area contributed by atoms with Crippen LogP contribution in [0.2, 0.25) is 0 Å². The maximum atomic E-state index is 7.02. The second-order valence-corrected chi connectivity index (χ2v) is 16.6. The second kappa shape index (κ2) is 12.3. The molecule has 2 aromatic heterocycles. The van der Waals surface area contributed by atoms with Crippen molar-refractivity contribution in [2.75, 3.05) is 4.90 Å². The van der Waals surface area contributed by atoms with Crippen LogP contribution < -0.4 is 9.64 Å². The minimum Gasteiger partial charge on any atom is -0.457 e. The van der Waals surface area contributed by atoms with E-state index >= 15 is 0 Å². The summed E-state index contributed by atoms with van der Waals surface area (Å²) in [6.45, 7) is 0. The van der Waals surface area contributed by atoms with Crippen LogP contribution in [0.5, 0.6) is 11.5 Å². The molecule has 276 valence electrons. The van der Waals surface area contributed by atoms with Gasteiger partial charge in [0.05, 0.1) is 22.2 Å². The fourth-order valence-corrected chi connectivity index (χ4v) is 11.3.